The van der Waals surface area contributed by atoms with Gasteiger partial charge >= 0.3 is 0 Å². The smallest absolute Gasteiger partial charge is 0.123 e. The first-order valence-corrected chi connectivity index (χ1v) is 7.86. The molecule has 3 atom stereocenters. The van der Waals surface area contributed by atoms with E-state index in [0.717, 1.165) is 19.3 Å². The minimum absolute atomic E-state index is 0.391. The van der Waals surface area contributed by atoms with Gasteiger partial charge in [0.05, 0.1) is 17.6 Å². The molecule has 2 rings (SSSR count). The van der Waals surface area contributed by atoms with Crippen molar-refractivity contribution >= 4 is 15.9 Å². The van der Waals surface area contributed by atoms with Crippen molar-refractivity contribution < 1.29 is 9.50 Å². The van der Waals surface area contributed by atoms with Gasteiger partial charge in [-0.15, -0.1) is 0 Å². The Kier molecular flexibility index (Phi) is 4.82. The lowest BCUT2D eigenvalue weighted by molar-refractivity contribution is 0.0179. The second-order valence-electron chi connectivity index (χ2n) is 5.71. The van der Waals surface area contributed by atoms with E-state index < -0.39 is 17.3 Å². The number of hydrogen-bond acceptors (Lipinski definition) is 2. The molecular weight excluding hydrogens is 321 g/mol. The predicted molar refractivity (Wildman–Crippen MR) is 79.4 cm³/mol. The Morgan fingerprint density at radius 2 is 2.35 bits per heavy atom. The van der Waals surface area contributed by atoms with Crippen LogP contribution in [0.15, 0.2) is 22.7 Å². The molecule has 1 N–H and O–H groups in total. The average Bonchev–Trinajstić information content (AvgIpc) is 2.48. The highest BCUT2D eigenvalue weighted by atomic mass is 79.9. The Balaban J connectivity index is 2.36. The van der Waals surface area contributed by atoms with Crippen LogP contribution >= 0.6 is 15.9 Å². The molecule has 0 saturated heterocycles. The Hall–Kier alpha value is -0.920. The van der Waals surface area contributed by atoms with Crippen molar-refractivity contribution in [1.29, 1.82) is 5.26 Å². The summed E-state index contributed by atoms with van der Waals surface area (Å²) in [6, 6.07) is 6.58. The van der Waals surface area contributed by atoms with Crippen LogP contribution in [0.1, 0.15) is 50.7 Å². The minimum Gasteiger partial charge on any atom is -0.387 e. The van der Waals surface area contributed by atoms with E-state index >= 15 is 0 Å². The molecule has 0 spiro atoms. The van der Waals surface area contributed by atoms with Crippen LogP contribution in [0.4, 0.5) is 4.39 Å². The number of halogens is 2. The fourth-order valence-corrected chi connectivity index (χ4v) is 3.67. The molecule has 0 bridgehead atoms. The van der Waals surface area contributed by atoms with Gasteiger partial charge in [-0.3, -0.25) is 0 Å². The Bertz CT molecular complexity index is 528. The molecule has 4 heteroatoms. The van der Waals surface area contributed by atoms with Gasteiger partial charge in [0.25, 0.3) is 0 Å². The molecule has 1 aliphatic carbocycles. The molecule has 1 aromatic carbocycles. The molecule has 1 fully saturated rings. The lowest BCUT2D eigenvalue weighted by atomic mass is 9.65. The van der Waals surface area contributed by atoms with Crippen molar-refractivity contribution in [3.05, 3.63) is 34.1 Å². The number of aliphatic hydroxyl groups is 1. The summed E-state index contributed by atoms with van der Waals surface area (Å²) in [5.74, 6) is 0.0728. The van der Waals surface area contributed by atoms with Crippen LogP contribution in [-0.4, -0.2) is 5.11 Å². The summed E-state index contributed by atoms with van der Waals surface area (Å²) in [6.07, 6.45) is 3.47. The second kappa shape index (κ2) is 6.24. The van der Waals surface area contributed by atoms with E-state index in [1.807, 2.05) is 0 Å². The number of aliphatic hydroxyl groups excluding tert-OH is 1. The number of nitriles is 1. The first-order chi connectivity index (χ1) is 9.52. The summed E-state index contributed by atoms with van der Waals surface area (Å²) >= 11 is 3.35. The molecular formula is C16H19BrFNO. The van der Waals surface area contributed by atoms with Gasteiger partial charge in [0, 0.05) is 4.47 Å². The van der Waals surface area contributed by atoms with Gasteiger partial charge in [0.15, 0.2) is 0 Å². The monoisotopic (exact) mass is 339 g/mol. The zero-order valence-electron chi connectivity index (χ0n) is 11.6. The summed E-state index contributed by atoms with van der Waals surface area (Å²) in [4.78, 5) is 0. The molecule has 1 aliphatic rings. The maximum atomic E-state index is 13.4. The molecule has 0 aromatic heterocycles. The number of hydrogen-bond donors (Lipinski definition) is 1. The maximum absolute atomic E-state index is 13.4. The van der Waals surface area contributed by atoms with Gasteiger partial charge in [-0.05, 0) is 42.5 Å². The summed E-state index contributed by atoms with van der Waals surface area (Å²) in [7, 11) is 0. The number of rotatable bonds is 3. The summed E-state index contributed by atoms with van der Waals surface area (Å²) in [5.41, 5.74) is -0.321. The fourth-order valence-electron chi connectivity index (χ4n) is 3.21. The summed E-state index contributed by atoms with van der Waals surface area (Å²) < 4.78 is 14.1. The maximum Gasteiger partial charge on any atom is 0.123 e. The van der Waals surface area contributed by atoms with E-state index in [-0.39, 0.29) is 0 Å². The van der Waals surface area contributed by atoms with Crippen LogP contribution in [0.5, 0.6) is 0 Å². The van der Waals surface area contributed by atoms with Crippen molar-refractivity contribution in [2.75, 3.05) is 0 Å². The normalized spacial score (nSPS) is 27.9. The fraction of sp³-hybridized carbons (Fsp3) is 0.562. The molecule has 2 nitrogen and oxygen atoms in total. The lowest BCUT2D eigenvalue weighted by Crippen LogP contribution is -2.33. The van der Waals surface area contributed by atoms with Crippen LogP contribution in [-0.2, 0) is 0 Å². The SMILES string of the molecule is CCC1CCCC(C#N)(C(O)c2cc(F)ccc2Br)C1. The Morgan fingerprint density at radius 1 is 1.60 bits per heavy atom. The number of nitrogens with zero attached hydrogens (tertiary/aromatic N) is 1. The van der Waals surface area contributed by atoms with E-state index in [2.05, 4.69) is 28.9 Å². The van der Waals surface area contributed by atoms with Crippen molar-refractivity contribution in [2.24, 2.45) is 11.3 Å². The predicted octanol–water partition coefficient (Wildman–Crippen LogP) is 4.73. The van der Waals surface area contributed by atoms with Crippen molar-refractivity contribution in [3.63, 3.8) is 0 Å². The Morgan fingerprint density at radius 3 is 3.00 bits per heavy atom. The molecule has 0 aliphatic heterocycles. The lowest BCUT2D eigenvalue weighted by Gasteiger charge is -2.39. The highest BCUT2D eigenvalue weighted by Gasteiger charge is 2.43. The number of benzene rings is 1. The third-order valence-electron chi connectivity index (χ3n) is 4.46. The van der Waals surface area contributed by atoms with Crippen LogP contribution < -0.4 is 0 Å². The van der Waals surface area contributed by atoms with Gasteiger partial charge in [0.2, 0.25) is 0 Å². The topological polar surface area (TPSA) is 44.0 Å². The molecule has 1 saturated carbocycles. The quantitative estimate of drug-likeness (QED) is 0.864. The van der Waals surface area contributed by atoms with Crippen molar-refractivity contribution in [3.8, 4) is 6.07 Å². The minimum atomic E-state index is -0.952. The van der Waals surface area contributed by atoms with Crippen LogP contribution in [0.2, 0.25) is 0 Å². The zero-order chi connectivity index (χ0) is 14.8. The van der Waals surface area contributed by atoms with E-state index in [1.165, 1.54) is 12.1 Å². The molecule has 0 radical (unpaired) electrons. The van der Waals surface area contributed by atoms with Crippen molar-refractivity contribution in [1.82, 2.24) is 0 Å². The third kappa shape index (κ3) is 2.89. The molecule has 20 heavy (non-hydrogen) atoms. The van der Waals surface area contributed by atoms with E-state index in [9.17, 15) is 14.8 Å². The van der Waals surface area contributed by atoms with Gasteiger partial charge in [0.1, 0.15) is 5.82 Å². The third-order valence-corrected chi connectivity index (χ3v) is 5.19. The van der Waals surface area contributed by atoms with Gasteiger partial charge in [-0.25, -0.2) is 4.39 Å². The molecule has 108 valence electrons. The first-order valence-electron chi connectivity index (χ1n) is 7.06. The van der Waals surface area contributed by atoms with E-state index in [4.69, 9.17) is 0 Å². The van der Waals surface area contributed by atoms with Gasteiger partial charge in [-0.2, -0.15) is 5.26 Å². The summed E-state index contributed by atoms with van der Waals surface area (Å²) in [5, 5.41) is 20.3. The van der Waals surface area contributed by atoms with Crippen LogP contribution in [0.25, 0.3) is 0 Å². The first kappa shape index (κ1) is 15.5. The van der Waals surface area contributed by atoms with Crippen LogP contribution in [0.3, 0.4) is 0 Å². The van der Waals surface area contributed by atoms with Crippen molar-refractivity contribution in [2.45, 2.75) is 45.1 Å². The molecule has 0 amide bonds. The van der Waals surface area contributed by atoms with Gasteiger partial charge < -0.3 is 5.11 Å². The van der Waals surface area contributed by atoms with E-state index in [1.54, 1.807) is 6.07 Å². The van der Waals surface area contributed by atoms with Crippen LogP contribution in [0, 0.1) is 28.5 Å². The Labute approximate surface area is 127 Å². The zero-order valence-corrected chi connectivity index (χ0v) is 13.2. The molecule has 3 unspecified atom stereocenters. The summed E-state index contributed by atoms with van der Waals surface area (Å²) in [6.45, 7) is 2.11. The highest BCUT2D eigenvalue weighted by Crippen LogP contribution is 2.49. The molecule has 0 heterocycles. The second-order valence-corrected chi connectivity index (χ2v) is 6.56. The average molecular weight is 340 g/mol. The highest BCUT2D eigenvalue weighted by molar-refractivity contribution is 9.10. The van der Waals surface area contributed by atoms with E-state index in [0.29, 0.717) is 28.8 Å². The molecule has 1 aromatic rings. The largest absolute Gasteiger partial charge is 0.387 e. The van der Waals surface area contributed by atoms with Gasteiger partial charge in [-0.1, -0.05) is 42.1 Å². The standard InChI is InChI=1S/C16H19BrFNO/c1-2-11-4-3-7-16(9-11,10-19)15(20)13-8-12(18)5-6-14(13)17/h5-6,8,11,15,20H,2-4,7,9H2,1H3.